The van der Waals surface area contributed by atoms with Crippen LogP contribution < -0.4 is 0 Å². The van der Waals surface area contributed by atoms with Gasteiger partial charge in [-0.15, -0.1) is 0 Å². The topological polar surface area (TPSA) is 20.2 Å². The van der Waals surface area contributed by atoms with Gasteiger partial charge in [-0.2, -0.15) is 0 Å². The minimum absolute atomic E-state index is 0.660. The van der Waals surface area contributed by atoms with Crippen molar-refractivity contribution < 1.29 is 5.11 Å². The second-order valence-corrected chi connectivity index (χ2v) is 3.20. The van der Waals surface area contributed by atoms with Gasteiger partial charge < -0.3 is 5.11 Å². The van der Waals surface area contributed by atoms with Crippen LogP contribution in [-0.2, 0) is 19.3 Å². The third kappa shape index (κ3) is 2.56. The van der Waals surface area contributed by atoms with E-state index in [1.165, 1.54) is 23.3 Å². The molecule has 1 aromatic carbocycles. The van der Waals surface area contributed by atoms with Gasteiger partial charge in [0.25, 0.3) is 0 Å². The first-order valence-electron chi connectivity index (χ1n) is 4.88. The summed E-state index contributed by atoms with van der Waals surface area (Å²) in [6.45, 7) is 5.53. The number of aliphatic hydroxyl groups is 1. The number of aryl methyl sites for hydroxylation is 2. The molecule has 0 aliphatic heterocycles. The first kappa shape index (κ1) is 10.3. The normalized spacial score (nSPS) is 10.4. The van der Waals surface area contributed by atoms with Crippen molar-refractivity contribution >= 4 is 0 Å². The lowest BCUT2D eigenvalue weighted by Gasteiger charge is -2.07. The van der Waals surface area contributed by atoms with Crippen LogP contribution >= 0.6 is 0 Å². The summed E-state index contributed by atoms with van der Waals surface area (Å²) < 4.78 is 0. The zero-order chi connectivity index (χ0) is 9.68. The third-order valence-electron chi connectivity index (χ3n) is 2.37. The van der Waals surface area contributed by atoms with Crippen molar-refractivity contribution in [2.75, 3.05) is 0 Å². The summed E-state index contributed by atoms with van der Waals surface area (Å²) in [6, 6.07) is 6.49. The van der Waals surface area contributed by atoms with E-state index < -0.39 is 0 Å². The molecule has 1 heteroatoms. The van der Waals surface area contributed by atoms with Gasteiger partial charge in [-0.25, -0.2) is 0 Å². The molecule has 1 aromatic rings. The van der Waals surface area contributed by atoms with Crippen molar-refractivity contribution in [3.05, 3.63) is 41.5 Å². The van der Waals surface area contributed by atoms with Gasteiger partial charge in [-0.1, -0.05) is 32.0 Å². The molecule has 1 rings (SSSR count). The number of hydrogen-bond donors (Lipinski definition) is 1. The van der Waals surface area contributed by atoms with Gasteiger partial charge in [0.2, 0.25) is 0 Å². The van der Waals surface area contributed by atoms with Gasteiger partial charge in [-0.05, 0) is 29.5 Å². The van der Waals surface area contributed by atoms with Gasteiger partial charge in [0.15, 0.2) is 0 Å². The average molecular weight is 177 g/mol. The van der Waals surface area contributed by atoms with Crippen molar-refractivity contribution in [3.63, 3.8) is 0 Å². The lowest BCUT2D eigenvalue weighted by Crippen LogP contribution is -1.95. The Labute approximate surface area is 80.4 Å². The van der Waals surface area contributed by atoms with Crippen molar-refractivity contribution in [3.8, 4) is 0 Å². The van der Waals surface area contributed by atoms with Crippen molar-refractivity contribution in [2.24, 2.45) is 0 Å². The summed E-state index contributed by atoms with van der Waals surface area (Å²) in [4.78, 5) is 0. The maximum absolute atomic E-state index is 8.74. The molecule has 0 heterocycles. The van der Waals surface area contributed by atoms with Crippen LogP contribution in [0.15, 0.2) is 18.2 Å². The molecule has 0 aromatic heterocycles. The Balaban J connectivity index is 2.93. The van der Waals surface area contributed by atoms with Gasteiger partial charge in [0.05, 0.1) is 6.61 Å². The van der Waals surface area contributed by atoms with E-state index in [2.05, 4.69) is 32.0 Å². The molecule has 0 aliphatic rings. The van der Waals surface area contributed by atoms with Crippen molar-refractivity contribution in [1.29, 1.82) is 0 Å². The molecule has 0 saturated carbocycles. The van der Waals surface area contributed by atoms with Crippen molar-refractivity contribution in [2.45, 2.75) is 33.1 Å². The van der Waals surface area contributed by atoms with Crippen LogP contribution in [0.4, 0.5) is 0 Å². The Morgan fingerprint density at radius 2 is 1.92 bits per heavy atom. The van der Waals surface area contributed by atoms with E-state index in [-0.39, 0.29) is 0 Å². The molecule has 1 N–H and O–H groups in total. The predicted molar refractivity (Wildman–Crippen MR) is 55.1 cm³/mol. The molecule has 0 atom stereocenters. The van der Waals surface area contributed by atoms with Crippen LogP contribution in [0.3, 0.4) is 0 Å². The lowest BCUT2D eigenvalue weighted by atomic mass is 9.99. The molecular formula is C12H17O. The number of aliphatic hydroxyl groups excluding tert-OH is 1. The Morgan fingerprint density at radius 1 is 1.15 bits per heavy atom. The highest BCUT2D eigenvalue weighted by Crippen LogP contribution is 2.14. The zero-order valence-electron chi connectivity index (χ0n) is 8.38. The maximum atomic E-state index is 8.74. The molecule has 0 aliphatic carbocycles. The second kappa shape index (κ2) is 5.03. The van der Waals surface area contributed by atoms with Crippen LogP contribution in [0.2, 0.25) is 0 Å². The summed E-state index contributed by atoms with van der Waals surface area (Å²) in [7, 11) is 0. The highest BCUT2D eigenvalue weighted by atomic mass is 16.2. The fraction of sp³-hybridized carbons (Fsp3) is 0.417. The van der Waals surface area contributed by atoms with Gasteiger partial charge in [-0.3, -0.25) is 0 Å². The molecule has 0 bridgehead atoms. The minimum Gasteiger partial charge on any atom is -0.390 e. The summed E-state index contributed by atoms with van der Waals surface area (Å²) in [6.07, 6.45) is 2.78. The third-order valence-corrected chi connectivity index (χ3v) is 2.37. The summed E-state index contributed by atoms with van der Waals surface area (Å²) in [5.74, 6) is 0. The SMILES string of the molecule is CCc1ccc(C[CH]O)c(CC)c1. The molecule has 1 radical (unpaired) electrons. The molecule has 0 saturated heterocycles. The van der Waals surface area contributed by atoms with Gasteiger partial charge in [0.1, 0.15) is 0 Å². The van der Waals surface area contributed by atoms with E-state index in [1.807, 2.05) is 0 Å². The smallest absolute Gasteiger partial charge is 0.0842 e. The molecule has 13 heavy (non-hydrogen) atoms. The highest BCUT2D eigenvalue weighted by molar-refractivity contribution is 5.32. The molecule has 71 valence electrons. The largest absolute Gasteiger partial charge is 0.390 e. The lowest BCUT2D eigenvalue weighted by molar-refractivity contribution is 0.385. The summed E-state index contributed by atoms with van der Waals surface area (Å²) in [5.41, 5.74) is 3.96. The van der Waals surface area contributed by atoms with Crippen LogP contribution in [0, 0.1) is 6.61 Å². The van der Waals surface area contributed by atoms with Gasteiger partial charge >= 0.3 is 0 Å². The van der Waals surface area contributed by atoms with Crippen LogP contribution in [0.5, 0.6) is 0 Å². The molecule has 0 spiro atoms. The predicted octanol–water partition coefficient (Wildman–Crippen LogP) is 2.89. The second-order valence-electron chi connectivity index (χ2n) is 3.20. The molecule has 1 nitrogen and oxygen atoms in total. The molecule has 0 unspecified atom stereocenters. The fourth-order valence-electron chi connectivity index (χ4n) is 1.53. The first-order valence-corrected chi connectivity index (χ1v) is 4.88. The minimum atomic E-state index is 0.660. The standard InChI is InChI=1S/C12H17O/c1-3-10-5-6-12(7-8-13)11(4-2)9-10/h5-6,8-9,13H,3-4,7H2,1-2H3. The Morgan fingerprint density at radius 3 is 2.46 bits per heavy atom. The Bertz CT molecular complexity index is 266. The number of rotatable bonds is 4. The van der Waals surface area contributed by atoms with Gasteiger partial charge in [0, 0.05) is 6.42 Å². The van der Waals surface area contributed by atoms with E-state index in [4.69, 9.17) is 5.11 Å². The first-order chi connectivity index (χ1) is 6.31. The van der Waals surface area contributed by atoms with Crippen LogP contribution in [0.25, 0.3) is 0 Å². The number of benzene rings is 1. The Kier molecular flexibility index (Phi) is 3.97. The van der Waals surface area contributed by atoms with E-state index >= 15 is 0 Å². The summed E-state index contributed by atoms with van der Waals surface area (Å²) in [5, 5.41) is 8.74. The monoisotopic (exact) mass is 177 g/mol. The number of hydrogen-bond acceptors (Lipinski definition) is 1. The van der Waals surface area contributed by atoms with Crippen LogP contribution in [-0.4, -0.2) is 5.11 Å². The highest BCUT2D eigenvalue weighted by Gasteiger charge is 2.00. The fourth-order valence-corrected chi connectivity index (χ4v) is 1.53. The van der Waals surface area contributed by atoms with E-state index in [1.54, 1.807) is 0 Å². The van der Waals surface area contributed by atoms with E-state index in [0.717, 1.165) is 12.8 Å². The zero-order valence-corrected chi connectivity index (χ0v) is 8.38. The van der Waals surface area contributed by atoms with E-state index in [9.17, 15) is 0 Å². The maximum Gasteiger partial charge on any atom is 0.0842 e. The van der Waals surface area contributed by atoms with Crippen LogP contribution in [0.1, 0.15) is 30.5 Å². The van der Waals surface area contributed by atoms with Crippen molar-refractivity contribution in [1.82, 2.24) is 0 Å². The average Bonchev–Trinajstić information content (AvgIpc) is 2.19. The van der Waals surface area contributed by atoms with E-state index in [0.29, 0.717) is 6.42 Å². The molecular weight excluding hydrogens is 160 g/mol. The quantitative estimate of drug-likeness (QED) is 0.749. The summed E-state index contributed by atoms with van der Waals surface area (Å²) >= 11 is 0. The molecule has 0 amide bonds. The Hall–Kier alpha value is -0.820. The molecule has 0 fully saturated rings.